The first-order chi connectivity index (χ1) is 7.36. The number of hydrogen-bond donors (Lipinski definition) is 0. The van der Waals surface area contributed by atoms with Crippen LogP contribution in [0.25, 0.3) is 0 Å². The molecule has 2 atom stereocenters. The van der Waals surface area contributed by atoms with Crippen molar-refractivity contribution < 1.29 is 4.74 Å². The first-order valence-electron chi connectivity index (χ1n) is 5.63. The van der Waals surface area contributed by atoms with Crippen molar-refractivity contribution >= 4 is 11.8 Å². The molecule has 0 amide bonds. The Labute approximate surface area is 96.2 Å². The van der Waals surface area contributed by atoms with E-state index < -0.39 is 0 Å². The lowest BCUT2D eigenvalue weighted by Gasteiger charge is -2.17. The molecule has 1 aromatic carbocycles. The summed E-state index contributed by atoms with van der Waals surface area (Å²) in [5, 5.41) is 0.618. The highest BCUT2D eigenvalue weighted by Gasteiger charge is 2.22. The van der Waals surface area contributed by atoms with Gasteiger partial charge in [0.2, 0.25) is 0 Å². The van der Waals surface area contributed by atoms with Crippen molar-refractivity contribution in [1.82, 2.24) is 0 Å². The van der Waals surface area contributed by atoms with Gasteiger partial charge >= 0.3 is 0 Å². The Morgan fingerprint density at radius 1 is 1.40 bits per heavy atom. The molecule has 1 fully saturated rings. The van der Waals surface area contributed by atoms with E-state index >= 15 is 0 Å². The zero-order chi connectivity index (χ0) is 10.5. The largest absolute Gasteiger partial charge is 0.377 e. The van der Waals surface area contributed by atoms with Crippen LogP contribution in [0, 0.1) is 0 Å². The van der Waals surface area contributed by atoms with Gasteiger partial charge < -0.3 is 4.74 Å². The van der Waals surface area contributed by atoms with Crippen LogP contribution in [-0.2, 0) is 10.5 Å². The van der Waals surface area contributed by atoms with Crippen molar-refractivity contribution in [2.75, 3.05) is 6.61 Å². The van der Waals surface area contributed by atoms with Crippen LogP contribution in [0.2, 0.25) is 0 Å². The molecule has 0 unspecified atom stereocenters. The van der Waals surface area contributed by atoms with Gasteiger partial charge in [-0.15, -0.1) is 0 Å². The molecule has 15 heavy (non-hydrogen) atoms. The van der Waals surface area contributed by atoms with Gasteiger partial charge in [0.25, 0.3) is 0 Å². The highest BCUT2D eigenvalue weighted by molar-refractivity contribution is 7.99. The summed E-state index contributed by atoms with van der Waals surface area (Å²) in [5.74, 6) is 1.10. The van der Waals surface area contributed by atoms with Gasteiger partial charge in [-0.3, -0.25) is 0 Å². The zero-order valence-electron chi connectivity index (χ0n) is 9.19. The normalized spacial score (nSPS) is 22.9. The average molecular weight is 222 g/mol. The quantitative estimate of drug-likeness (QED) is 0.771. The summed E-state index contributed by atoms with van der Waals surface area (Å²) < 4.78 is 5.68. The van der Waals surface area contributed by atoms with Crippen LogP contribution < -0.4 is 0 Å². The second kappa shape index (κ2) is 5.57. The van der Waals surface area contributed by atoms with Gasteiger partial charge in [0.15, 0.2) is 0 Å². The third kappa shape index (κ3) is 3.25. The lowest BCUT2D eigenvalue weighted by atomic mass is 10.2. The van der Waals surface area contributed by atoms with E-state index in [0.717, 1.165) is 12.4 Å². The molecular formula is C13H18OS. The van der Waals surface area contributed by atoms with E-state index in [1.54, 1.807) is 0 Å². The molecule has 1 heterocycles. The number of ether oxygens (including phenoxy) is 1. The highest BCUT2D eigenvalue weighted by Crippen LogP contribution is 2.26. The third-order valence-electron chi connectivity index (χ3n) is 2.84. The van der Waals surface area contributed by atoms with Crippen LogP contribution in [0.15, 0.2) is 30.3 Å². The SMILES string of the molecule is C[C@@H](SCc1ccccc1)[C@@H]1CCCO1. The molecule has 0 aliphatic carbocycles. The van der Waals surface area contributed by atoms with Crippen LogP contribution in [0.5, 0.6) is 0 Å². The van der Waals surface area contributed by atoms with Crippen molar-refractivity contribution in [2.24, 2.45) is 0 Å². The molecule has 0 N–H and O–H groups in total. The van der Waals surface area contributed by atoms with Crippen molar-refractivity contribution in [1.29, 1.82) is 0 Å². The Hall–Kier alpha value is -0.470. The Morgan fingerprint density at radius 2 is 2.20 bits per heavy atom. The van der Waals surface area contributed by atoms with Crippen molar-refractivity contribution in [2.45, 2.75) is 36.9 Å². The maximum atomic E-state index is 5.68. The van der Waals surface area contributed by atoms with Gasteiger partial charge in [0, 0.05) is 17.6 Å². The molecule has 1 aliphatic rings. The molecule has 0 aromatic heterocycles. The zero-order valence-corrected chi connectivity index (χ0v) is 10.0. The minimum absolute atomic E-state index is 0.485. The van der Waals surface area contributed by atoms with Gasteiger partial charge in [-0.2, -0.15) is 11.8 Å². The summed E-state index contributed by atoms with van der Waals surface area (Å²) in [7, 11) is 0. The Kier molecular flexibility index (Phi) is 4.09. The van der Waals surface area contributed by atoms with Crippen LogP contribution in [0.3, 0.4) is 0 Å². The lowest BCUT2D eigenvalue weighted by molar-refractivity contribution is 0.112. The molecule has 2 heteroatoms. The van der Waals surface area contributed by atoms with Crippen molar-refractivity contribution in [3.63, 3.8) is 0 Å². The molecule has 0 saturated carbocycles. The van der Waals surface area contributed by atoms with E-state index in [9.17, 15) is 0 Å². The number of benzene rings is 1. The van der Waals surface area contributed by atoms with Crippen LogP contribution in [0.4, 0.5) is 0 Å². The molecule has 0 spiro atoms. The van der Waals surface area contributed by atoms with E-state index in [4.69, 9.17) is 4.74 Å². The maximum absolute atomic E-state index is 5.68. The molecule has 82 valence electrons. The molecule has 0 radical (unpaired) electrons. The van der Waals surface area contributed by atoms with Gasteiger partial charge in [-0.1, -0.05) is 37.3 Å². The van der Waals surface area contributed by atoms with E-state index in [0.29, 0.717) is 11.4 Å². The Bertz CT molecular complexity index is 280. The van der Waals surface area contributed by atoms with Gasteiger partial charge in [0.05, 0.1) is 6.10 Å². The lowest BCUT2D eigenvalue weighted by Crippen LogP contribution is -2.18. The molecule has 1 aromatic rings. The topological polar surface area (TPSA) is 9.23 Å². The molecule has 2 rings (SSSR count). The number of hydrogen-bond acceptors (Lipinski definition) is 2. The first kappa shape index (κ1) is 11.0. The highest BCUT2D eigenvalue weighted by atomic mass is 32.2. The second-order valence-corrected chi connectivity index (χ2v) is 5.42. The van der Waals surface area contributed by atoms with Crippen LogP contribution in [-0.4, -0.2) is 18.0 Å². The second-order valence-electron chi connectivity index (χ2n) is 4.05. The standard InChI is InChI=1S/C13H18OS/c1-11(13-8-5-9-14-13)15-10-12-6-3-2-4-7-12/h2-4,6-7,11,13H,5,8-10H2,1H3/t11-,13+/m1/s1. The minimum Gasteiger partial charge on any atom is -0.377 e. The molecule has 1 nitrogen and oxygen atoms in total. The monoisotopic (exact) mass is 222 g/mol. The average Bonchev–Trinajstić information content (AvgIpc) is 2.81. The summed E-state index contributed by atoms with van der Waals surface area (Å²) in [6, 6.07) is 10.7. The first-order valence-corrected chi connectivity index (χ1v) is 6.68. The van der Waals surface area contributed by atoms with Crippen molar-refractivity contribution in [3.05, 3.63) is 35.9 Å². The van der Waals surface area contributed by atoms with Gasteiger partial charge in [-0.05, 0) is 18.4 Å². The van der Waals surface area contributed by atoms with E-state index in [1.165, 1.54) is 18.4 Å². The van der Waals surface area contributed by atoms with Crippen molar-refractivity contribution in [3.8, 4) is 0 Å². The number of rotatable bonds is 4. The maximum Gasteiger partial charge on any atom is 0.0691 e. The van der Waals surface area contributed by atoms with E-state index in [-0.39, 0.29) is 0 Å². The van der Waals surface area contributed by atoms with Crippen LogP contribution >= 0.6 is 11.8 Å². The van der Waals surface area contributed by atoms with Gasteiger partial charge in [-0.25, -0.2) is 0 Å². The predicted molar refractivity (Wildman–Crippen MR) is 66.2 cm³/mol. The fourth-order valence-corrected chi connectivity index (χ4v) is 2.96. The smallest absolute Gasteiger partial charge is 0.0691 e. The summed E-state index contributed by atoms with van der Waals surface area (Å²) in [5.41, 5.74) is 1.41. The van der Waals surface area contributed by atoms with Crippen LogP contribution in [0.1, 0.15) is 25.3 Å². The fourth-order valence-electron chi connectivity index (χ4n) is 1.88. The number of thioether (sulfide) groups is 1. The molecular weight excluding hydrogens is 204 g/mol. The Morgan fingerprint density at radius 3 is 2.87 bits per heavy atom. The predicted octanol–water partition coefficient (Wildman–Crippen LogP) is 3.49. The summed E-state index contributed by atoms with van der Waals surface area (Å²) >= 11 is 2.00. The molecule has 1 saturated heterocycles. The molecule has 1 aliphatic heterocycles. The third-order valence-corrected chi connectivity index (χ3v) is 4.17. The van der Waals surface area contributed by atoms with Gasteiger partial charge in [0.1, 0.15) is 0 Å². The molecule has 0 bridgehead atoms. The van der Waals surface area contributed by atoms with E-state index in [2.05, 4.69) is 37.3 Å². The summed E-state index contributed by atoms with van der Waals surface area (Å²) in [6.07, 6.45) is 2.96. The fraction of sp³-hybridized carbons (Fsp3) is 0.538. The Balaban J connectivity index is 1.77. The summed E-state index contributed by atoms with van der Waals surface area (Å²) in [6.45, 7) is 3.24. The van der Waals surface area contributed by atoms with E-state index in [1.807, 2.05) is 11.8 Å². The minimum atomic E-state index is 0.485. The summed E-state index contributed by atoms with van der Waals surface area (Å²) in [4.78, 5) is 0.